The van der Waals surface area contributed by atoms with Gasteiger partial charge in [-0.1, -0.05) is 23.7 Å². The zero-order chi connectivity index (χ0) is 24.5. The van der Waals surface area contributed by atoms with E-state index in [-0.39, 0.29) is 17.9 Å². The zero-order valence-corrected chi connectivity index (χ0v) is 18.2. The highest BCUT2D eigenvalue weighted by molar-refractivity contribution is 6.30. The molecule has 0 fully saturated rings. The Balaban J connectivity index is 1.95. The minimum Gasteiger partial charge on any atom is -0.326 e. The molecule has 0 atom stereocenters. The van der Waals surface area contributed by atoms with Gasteiger partial charge in [0.2, 0.25) is 5.91 Å². The van der Waals surface area contributed by atoms with Crippen LogP contribution in [0.25, 0.3) is 0 Å². The summed E-state index contributed by atoms with van der Waals surface area (Å²) in [6.07, 6.45) is -4.26. The first-order valence-electron chi connectivity index (χ1n) is 9.53. The zero-order valence-electron chi connectivity index (χ0n) is 17.4. The quantitative estimate of drug-likeness (QED) is 0.540. The Bertz CT molecular complexity index is 1320. The number of aromatic nitrogens is 2. The standard InChI is InChI=1S/C22H17ClF4N4O2/c1-12-13(2)31(9-14-3-5-16(24)6-4-14)20(17(12)8-28)29-19(32)11-30-10-15(22(25,26)27)7-18(23)21(30)33/h3-7,10H,9,11H2,1-2H3,(H,29,32). The largest absolute Gasteiger partial charge is 0.417 e. The van der Waals surface area contributed by atoms with E-state index in [1.54, 1.807) is 30.5 Å². The second-order valence-electron chi connectivity index (χ2n) is 7.31. The number of pyridine rings is 1. The predicted octanol–water partition coefficient (Wildman–Crippen LogP) is 4.64. The first-order chi connectivity index (χ1) is 15.4. The van der Waals surface area contributed by atoms with Gasteiger partial charge in [0.05, 0.1) is 11.1 Å². The molecule has 2 heterocycles. The molecule has 11 heteroatoms. The number of nitriles is 1. The van der Waals surface area contributed by atoms with E-state index in [0.29, 0.717) is 33.7 Å². The molecule has 172 valence electrons. The van der Waals surface area contributed by atoms with Crippen LogP contribution in [0.15, 0.2) is 41.3 Å². The lowest BCUT2D eigenvalue weighted by Gasteiger charge is -2.15. The van der Waals surface area contributed by atoms with Crippen molar-refractivity contribution in [3.63, 3.8) is 0 Å². The van der Waals surface area contributed by atoms with Crippen LogP contribution < -0.4 is 10.9 Å². The van der Waals surface area contributed by atoms with E-state index < -0.39 is 40.6 Å². The third-order valence-electron chi connectivity index (χ3n) is 5.14. The molecule has 3 rings (SSSR count). The molecule has 0 aliphatic rings. The van der Waals surface area contributed by atoms with Crippen LogP contribution in [0.5, 0.6) is 0 Å². The molecule has 0 bridgehead atoms. The number of alkyl halides is 3. The number of hydrogen-bond donors (Lipinski definition) is 1. The lowest BCUT2D eigenvalue weighted by molar-refractivity contribution is -0.138. The van der Waals surface area contributed by atoms with Crippen molar-refractivity contribution in [3.8, 4) is 6.07 Å². The van der Waals surface area contributed by atoms with Crippen LogP contribution in [0.4, 0.5) is 23.4 Å². The van der Waals surface area contributed by atoms with Crippen LogP contribution in [0.3, 0.4) is 0 Å². The van der Waals surface area contributed by atoms with Gasteiger partial charge in [0, 0.05) is 18.4 Å². The highest BCUT2D eigenvalue weighted by atomic mass is 35.5. The van der Waals surface area contributed by atoms with E-state index in [0.717, 1.165) is 0 Å². The van der Waals surface area contributed by atoms with Gasteiger partial charge < -0.3 is 14.5 Å². The first kappa shape index (κ1) is 24.1. The fourth-order valence-electron chi connectivity index (χ4n) is 3.30. The fraction of sp³-hybridized carbons (Fsp3) is 0.227. The number of carbonyl (C=O) groups is 1. The number of rotatable bonds is 5. The molecule has 3 aromatic rings. The van der Waals surface area contributed by atoms with Gasteiger partial charge >= 0.3 is 6.18 Å². The number of halogens is 5. The van der Waals surface area contributed by atoms with Crippen molar-refractivity contribution in [3.05, 3.63) is 85.7 Å². The summed E-state index contributed by atoms with van der Waals surface area (Å²) in [5, 5.41) is 11.4. The minimum atomic E-state index is -4.76. The van der Waals surface area contributed by atoms with Gasteiger partial charge in [0.15, 0.2) is 0 Å². The lowest BCUT2D eigenvalue weighted by Crippen LogP contribution is -2.29. The number of nitrogens with one attached hydrogen (secondary N) is 1. The SMILES string of the molecule is Cc1c(C#N)c(NC(=O)Cn2cc(C(F)(F)F)cc(Cl)c2=O)n(Cc2ccc(F)cc2)c1C. The summed E-state index contributed by atoms with van der Waals surface area (Å²) in [5.74, 6) is -1.13. The van der Waals surface area contributed by atoms with Crippen LogP contribution in [0.1, 0.15) is 27.9 Å². The van der Waals surface area contributed by atoms with Crippen molar-refractivity contribution in [1.82, 2.24) is 9.13 Å². The summed E-state index contributed by atoms with van der Waals surface area (Å²) in [6, 6.07) is 8.14. The Morgan fingerprint density at radius 3 is 2.42 bits per heavy atom. The molecular weight excluding hydrogens is 464 g/mol. The van der Waals surface area contributed by atoms with Gasteiger partial charge in [-0.25, -0.2) is 4.39 Å². The van der Waals surface area contributed by atoms with Crippen LogP contribution in [0.2, 0.25) is 5.02 Å². The minimum absolute atomic E-state index is 0.118. The normalized spacial score (nSPS) is 11.3. The smallest absolute Gasteiger partial charge is 0.326 e. The summed E-state index contributed by atoms with van der Waals surface area (Å²) in [7, 11) is 0. The molecular formula is C22H17ClF4N4O2. The van der Waals surface area contributed by atoms with E-state index in [1.807, 2.05) is 6.07 Å². The van der Waals surface area contributed by atoms with Gasteiger partial charge in [0.25, 0.3) is 5.56 Å². The maximum Gasteiger partial charge on any atom is 0.417 e. The van der Waals surface area contributed by atoms with Gasteiger partial charge in [-0.15, -0.1) is 0 Å². The monoisotopic (exact) mass is 480 g/mol. The van der Waals surface area contributed by atoms with Crippen LogP contribution in [-0.2, 0) is 24.1 Å². The van der Waals surface area contributed by atoms with Crippen molar-refractivity contribution in [2.75, 3.05) is 5.32 Å². The van der Waals surface area contributed by atoms with Crippen molar-refractivity contribution in [2.24, 2.45) is 0 Å². The molecule has 0 spiro atoms. The third kappa shape index (κ3) is 5.09. The number of carbonyl (C=O) groups excluding carboxylic acids is 1. The van der Waals surface area contributed by atoms with E-state index in [1.165, 1.54) is 12.1 Å². The second-order valence-corrected chi connectivity index (χ2v) is 7.72. The highest BCUT2D eigenvalue weighted by Crippen LogP contribution is 2.30. The Morgan fingerprint density at radius 1 is 1.21 bits per heavy atom. The van der Waals surface area contributed by atoms with Crippen molar-refractivity contribution in [2.45, 2.75) is 33.1 Å². The molecule has 6 nitrogen and oxygen atoms in total. The average Bonchev–Trinajstić information content (AvgIpc) is 2.95. The third-order valence-corrected chi connectivity index (χ3v) is 5.41. The maximum absolute atomic E-state index is 13.2. The maximum atomic E-state index is 13.2. The van der Waals surface area contributed by atoms with Crippen molar-refractivity contribution in [1.29, 1.82) is 5.26 Å². The molecule has 1 amide bonds. The summed E-state index contributed by atoms with van der Waals surface area (Å²) in [6.45, 7) is 2.85. The van der Waals surface area contributed by atoms with Gasteiger partial charge in [-0.3, -0.25) is 9.59 Å². The number of nitrogens with zero attached hydrogens (tertiary/aromatic N) is 3. The first-order valence-corrected chi connectivity index (χ1v) is 9.91. The summed E-state index contributed by atoms with van der Waals surface area (Å²) >= 11 is 5.63. The Hall–Kier alpha value is -3.58. The predicted molar refractivity (Wildman–Crippen MR) is 113 cm³/mol. The van der Waals surface area contributed by atoms with Gasteiger partial charge in [-0.05, 0) is 43.2 Å². The van der Waals surface area contributed by atoms with Crippen molar-refractivity contribution >= 4 is 23.3 Å². The van der Waals surface area contributed by atoms with E-state index >= 15 is 0 Å². The topological polar surface area (TPSA) is 79.8 Å². The Morgan fingerprint density at radius 2 is 1.85 bits per heavy atom. The van der Waals surface area contributed by atoms with E-state index in [4.69, 9.17) is 11.6 Å². The number of benzene rings is 1. The highest BCUT2D eigenvalue weighted by Gasteiger charge is 2.32. The Kier molecular flexibility index (Phi) is 6.65. The van der Waals surface area contributed by atoms with Crippen LogP contribution in [-0.4, -0.2) is 15.0 Å². The summed E-state index contributed by atoms with van der Waals surface area (Å²) in [5.41, 5.74) is -0.0363. The molecule has 0 saturated carbocycles. The molecule has 0 saturated heterocycles. The van der Waals surface area contributed by atoms with E-state index in [2.05, 4.69) is 5.32 Å². The lowest BCUT2D eigenvalue weighted by atomic mass is 10.2. The molecule has 33 heavy (non-hydrogen) atoms. The van der Waals surface area contributed by atoms with Crippen LogP contribution in [0, 0.1) is 31.0 Å². The molecule has 0 radical (unpaired) electrons. The van der Waals surface area contributed by atoms with Crippen LogP contribution >= 0.6 is 11.6 Å². The number of amides is 1. The fourth-order valence-corrected chi connectivity index (χ4v) is 3.52. The molecule has 1 aromatic carbocycles. The molecule has 1 N–H and O–H groups in total. The van der Waals surface area contributed by atoms with Crippen molar-refractivity contribution < 1.29 is 22.4 Å². The average molecular weight is 481 g/mol. The number of anilines is 1. The van der Waals surface area contributed by atoms with Gasteiger partial charge in [0.1, 0.15) is 29.3 Å². The summed E-state index contributed by atoms with van der Waals surface area (Å²) in [4.78, 5) is 24.8. The molecule has 0 aliphatic carbocycles. The molecule has 0 unspecified atom stereocenters. The summed E-state index contributed by atoms with van der Waals surface area (Å²) < 4.78 is 54.6. The number of hydrogen-bond acceptors (Lipinski definition) is 3. The van der Waals surface area contributed by atoms with Gasteiger partial charge in [-0.2, -0.15) is 18.4 Å². The second kappa shape index (κ2) is 9.11. The molecule has 0 aliphatic heterocycles. The van der Waals surface area contributed by atoms with E-state index in [9.17, 15) is 32.4 Å². The molecule has 2 aromatic heterocycles. The Labute approximate surface area is 190 Å².